The average molecular weight is 304 g/mol. The van der Waals surface area contributed by atoms with Gasteiger partial charge >= 0.3 is 0 Å². The number of ether oxygens (including phenoxy) is 2. The number of hydrogen-bond donors (Lipinski definition) is 1. The Morgan fingerprint density at radius 3 is 2.71 bits per heavy atom. The molecule has 0 bridgehead atoms. The highest BCUT2D eigenvalue weighted by atomic mass is 35.5. The van der Waals surface area contributed by atoms with E-state index in [1.165, 1.54) is 11.1 Å². The first-order valence-electron chi connectivity index (χ1n) is 6.99. The summed E-state index contributed by atoms with van der Waals surface area (Å²) < 4.78 is 10.9. The van der Waals surface area contributed by atoms with Crippen LogP contribution in [0.5, 0.6) is 11.5 Å². The van der Waals surface area contributed by atoms with Gasteiger partial charge in [0.2, 0.25) is 0 Å². The summed E-state index contributed by atoms with van der Waals surface area (Å²) in [5, 5.41) is 3.98. The molecule has 0 fully saturated rings. The smallest absolute Gasteiger partial charge is 0.137 e. The Balaban J connectivity index is 1.98. The van der Waals surface area contributed by atoms with Crippen LogP contribution in [-0.4, -0.2) is 20.8 Å². The van der Waals surface area contributed by atoms with Gasteiger partial charge in [-0.25, -0.2) is 0 Å². The van der Waals surface area contributed by atoms with Crippen molar-refractivity contribution in [1.82, 2.24) is 5.32 Å². The number of benzene rings is 2. The van der Waals surface area contributed by atoms with Crippen LogP contribution in [0.3, 0.4) is 0 Å². The van der Waals surface area contributed by atoms with E-state index >= 15 is 0 Å². The summed E-state index contributed by atoms with van der Waals surface area (Å²) in [7, 11) is 3.58. The summed E-state index contributed by atoms with van der Waals surface area (Å²) in [4.78, 5) is 0. The summed E-state index contributed by atoms with van der Waals surface area (Å²) in [6.45, 7) is 0.776. The maximum absolute atomic E-state index is 6.11. The van der Waals surface area contributed by atoms with Crippen LogP contribution >= 0.6 is 11.6 Å². The number of fused-ring (bicyclic) bond motifs is 1. The zero-order valence-electron chi connectivity index (χ0n) is 12.2. The second kappa shape index (κ2) is 5.96. The minimum Gasteiger partial charge on any atom is -0.495 e. The lowest BCUT2D eigenvalue weighted by atomic mass is 9.96. The number of methoxy groups -OCH3 is 1. The molecule has 4 heteroatoms. The van der Waals surface area contributed by atoms with Crippen molar-refractivity contribution >= 4 is 11.6 Å². The van der Waals surface area contributed by atoms with E-state index in [2.05, 4.69) is 23.5 Å². The lowest BCUT2D eigenvalue weighted by Gasteiger charge is -2.19. The van der Waals surface area contributed by atoms with Crippen LogP contribution < -0.4 is 14.8 Å². The van der Waals surface area contributed by atoms with Crippen molar-refractivity contribution < 1.29 is 9.47 Å². The first kappa shape index (κ1) is 14.2. The Hall–Kier alpha value is -1.71. The molecule has 110 valence electrons. The molecule has 3 rings (SSSR count). The van der Waals surface area contributed by atoms with Gasteiger partial charge in [-0.2, -0.15) is 0 Å². The van der Waals surface area contributed by atoms with Crippen LogP contribution in [0.15, 0.2) is 36.4 Å². The molecule has 0 aromatic heterocycles. The minimum absolute atomic E-state index is 0.0991. The minimum atomic E-state index is 0.0991. The fourth-order valence-corrected chi connectivity index (χ4v) is 2.96. The molecule has 1 atom stereocenters. The lowest BCUT2D eigenvalue weighted by molar-refractivity contribution is 0.357. The molecule has 0 aliphatic carbocycles. The van der Waals surface area contributed by atoms with Gasteiger partial charge in [0.1, 0.15) is 11.5 Å². The van der Waals surface area contributed by atoms with E-state index in [0.717, 1.165) is 24.3 Å². The lowest BCUT2D eigenvalue weighted by Crippen LogP contribution is -2.17. The molecule has 1 unspecified atom stereocenters. The molecule has 1 heterocycles. The van der Waals surface area contributed by atoms with Crippen molar-refractivity contribution in [2.75, 3.05) is 20.8 Å². The van der Waals surface area contributed by atoms with Gasteiger partial charge in [-0.3, -0.25) is 0 Å². The topological polar surface area (TPSA) is 30.5 Å². The highest BCUT2D eigenvalue weighted by Gasteiger charge is 2.18. The molecule has 0 amide bonds. The Morgan fingerprint density at radius 2 is 1.95 bits per heavy atom. The molecule has 0 spiro atoms. The summed E-state index contributed by atoms with van der Waals surface area (Å²) in [6, 6.07) is 12.3. The van der Waals surface area contributed by atoms with Crippen molar-refractivity contribution in [3.8, 4) is 11.5 Å². The number of nitrogens with one attached hydrogen (secondary N) is 1. The predicted molar refractivity (Wildman–Crippen MR) is 84.5 cm³/mol. The molecule has 0 radical (unpaired) electrons. The first-order valence-corrected chi connectivity index (χ1v) is 7.37. The van der Waals surface area contributed by atoms with E-state index in [0.29, 0.717) is 10.8 Å². The quantitative estimate of drug-likeness (QED) is 0.936. The zero-order chi connectivity index (χ0) is 14.8. The number of halogens is 1. The highest BCUT2D eigenvalue weighted by molar-refractivity contribution is 6.32. The van der Waals surface area contributed by atoms with Gasteiger partial charge in [-0.05, 0) is 41.9 Å². The molecule has 3 nitrogen and oxygen atoms in total. The Morgan fingerprint density at radius 1 is 1.19 bits per heavy atom. The van der Waals surface area contributed by atoms with Crippen molar-refractivity contribution in [2.45, 2.75) is 12.5 Å². The average Bonchev–Trinajstić information content (AvgIpc) is 2.97. The Labute approximate surface area is 129 Å². The SMILES string of the molecule is CNC(c1ccc2c(c1)CCO2)c1ccc(Cl)c(OC)c1. The van der Waals surface area contributed by atoms with Crippen molar-refractivity contribution in [1.29, 1.82) is 0 Å². The van der Waals surface area contributed by atoms with E-state index < -0.39 is 0 Å². The maximum Gasteiger partial charge on any atom is 0.137 e. The van der Waals surface area contributed by atoms with Crippen LogP contribution in [0.25, 0.3) is 0 Å². The number of rotatable bonds is 4. The van der Waals surface area contributed by atoms with Crippen LogP contribution in [0.4, 0.5) is 0 Å². The zero-order valence-corrected chi connectivity index (χ0v) is 12.9. The van der Waals surface area contributed by atoms with Crippen molar-refractivity contribution in [2.24, 2.45) is 0 Å². The van der Waals surface area contributed by atoms with E-state index in [4.69, 9.17) is 21.1 Å². The van der Waals surface area contributed by atoms with Crippen molar-refractivity contribution in [3.05, 3.63) is 58.1 Å². The normalized spacial score (nSPS) is 14.4. The fourth-order valence-electron chi connectivity index (χ4n) is 2.77. The van der Waals surface area contributed by atoms with E-state index in [1.54, 1.807) is 7.11 Å². The van der Waals surface area contributed by atoms with E-state index in [-0.39, 0.29) is 6.04 Å². The third-order valence-corrected chi connectivity index (χ3v) is 4.16. The second-order valence-electron chi connectivity index (χ2n) is 5.08. The molecule has 21 heavy (non-hydrogen) atoms. The van der Waals surface area contributed by atoms with Gasteiger partial charge in [0.25, 0.3) is 0 Å². The maximum atomic E-state index is 6.11. The molecule has 1 N–H and O–H groups in total. The molecule has 1 aliphatic heterocycles. The van der Waals surface area contributed by atoms with Crippen LogP contribution in [0.2, 0.25) is 5.02 Å². The largest absolute Gasteiger partial charge is 0.495 e. The standard InChI is InChI=1S/C17H18ClNO2/c1-19-17(13-3-5-14(18)16(10-13)20-2)12-4-6-15-11(9-12)7-8-21-15/h3-6,9-10,17,19H,7-8H2,1-2H3. The van der Waals surface area contributed by atoms with Crippen LogP contribution in [-0.2, 0) is 6.42 Å². The molecule has 1 aliphatic rings. The molecule has 2 aromatic carbocycles. The van der Waals surface area contributed by atoms with Gasteiger partial charge in [-0.1, -0.05) is 29.8 Å². The molecule has 0 saturated carbocycles. The molecular weight excluding hydrogens is 286 g/mol. The van der Waals surface area contributed by atoms with Crippen molar-refractivity contribution in [3.63, 3.8) is 0 Å². The third kappa shape index (κ3) is 2.71. The van der Waals surface area contributed by atoms with Gasteiger partial charge in [0, 0.05) is 6.42 Å². The third-order valence-electron chi connectivity index (χ3n) is 3.84. The van der Waals surface area contributed by atoms with Crippen LogP contribution in [0, 0.1) is 0 Å². The summed E-state index contributed by atoms with van der Waals surface area (Å²) >= 11 is 6.11. The summed E-state index contributed by atoms with van der Waals surface area (Å²) in [6.07, 6.45) is 0.976. The second-order valence-corrected chi connectivity index (χ2v) is 5.49. The Bertz CT molecular complexity index is 646. The number of hydrogen-bond acceptors (Lipinski definition) is 3. The summed E-state index contributed by atoms with van der Waals surface area (Å²) in [5.74, 6) is 1.70. The van der Waals surface area contributed by atoms with Gasteiger partial charge in [0.05, 0.1) is 24.8 Å². The molecular formula is C17H18ClNO2. The van der Waals surface area contributed by atoms with E-state index in [1.807, 2.05) is 25.2 Å². The molecule has 0 saturated heterocycles. The fraction of sp³-hybridized carbons (Fsp3) is 0.294. The predicted octanol–water partition coefficient (Wildman–Crippen LogP) is 3.59. The van der Waals surface area contributed by atoms with Gasteiger partial charge in [-0.15, -0.1) is 0 Å². The van der Waals surface area contributed by atoms with E-state index in [9.17, 15) is 0 Å². The van der Waals surface area contributed by atoms with Gasteiger partial charge in [0.15, 0.2) is 0 Å². The van der Waals surface area contributed by atoms with Crippen LogP contribution in [0.1, 0.15) is 22.7 Å². The van der Waals surface area contributed by atoms with Gasteiger partial charge < -0.3 is 14.8 Å². The monoisotopic (exact) mass is 303 g/mol. The Kier molecular flexibility index (Phi) is 4.04. The first-order chi connectivity index (χ1) is 10.2. The summed E-state index contributed by atoms with van der Waals surface area (Å²) in [5.41, 5.74) is 3.61. The highest BCUT2D eigenvalue weighted by Crippen LogP contribution is 2.33. The molecule has 2 aromatic rings.